The number of esters is 1. The Labute approximate surface area is 358 Å². The SMILES string of the molecule is O=C1OC2(c3cc(I)c([O-])c(I)c3Oc3c2cc(I)c([O-])c3I)c2c(Cl)c(Cl)c(Cl)c(Cl)c21.[K+].[K+]. The summed E-state index contributed by atoms with van der Waals surface area (Å²) < 4.78 is 13.4. The molecule has 0 amide bonds. The van der Waals surface area contributed by atoms with Gasteiger partial charge < -0.3 is 19.7 Å². The van der Waals surface area contributed by atoms with Crippen LogP contribution in [0.5, 0.6) is 23.0 Å². The Kier molecular flexibility index (Phi) is 11.7. The Morgan fingerprint density at radius 2 is 1.17 bits per heavy atom. The van der Waals surface area contributed by atoms with Crippen LogP contribution in [-0.4, -0.2) is 5.97 Å². The molecule has 2 aliphatic rings. The number of benzene rings is 3. The molecule has 0 radical (unpaired) electrons. The molecule has 2 aliphatic heterocycles. The van der Waals surface area contributed by atoms with E-state index in [1.807, 2.05) is 90.4 Å². The van der Waals surface area contributed by atoms with Crippen LogP contribution in [0, 0.1) is 14.3 Å². The molecule has 15 heteroatoms. The van der Waals surface area contributed by atoms with Gasteiger partial charge in [0, 0.05) is 31.0 Å². The van der Waals surface area contributed by atoms with Crippen molar-refractivity contribution in [3.05, 3.63) is 68.8 Å². The molecule has 5 rings (SSSR count). The summed E-state index contributed by atoms with van der Waals surface area (Å²) in [6, 6.07) is 3.15. The van der Waals surface area contributed by atoms with E-state index in [2.05, 4.69) is 0 Å². The number of hydrogen-bond donors (Lipinski definition) is 0. The first-order valence-electron chi connectivity index (χ1n) is 8.60. The van der Waals surface area contributed by atoms with Gasteiger partial charge >= 0.3 is 109 Å². The molecule has 0 saturated carbocycles. The van der Waals surface area contributed by atoms with Gasteiger partial charge in [-0.1, -0.05) is 57.9 Å². The van der Waals surface area contributed by atoms with Crippen LogP contribution >= 0.6 is 137 Å². The van der Waals surface area contributed by atoms with Gasteiger partial charge in [-0.15, -0.1) is 0 Å². The molecule has 3 aromatic carbocycles. The number of fused-ring (bicyclic) bond motifs is 6. The van der Waals surface area contributed by atoms with Gasteiger partial charge in [-0.05, 0) is 102 Å². The molecule has 3 aromatic rings. The Hall–Kier alpha value is 3.88. The number of hydrogen-bond acceptors (Lipinski definition) is 5. The third-order valence-corrected chi connectivity index (χ3v) is 10.7. The average molecular weight is 1050 g/mol. The molecular formula is C20H2Cl4I4K2O5. The van der Waals surface area contributed by atoms with Crippen LogP contribution in [0.15, 0.2) is 12.1 Å². The Balaban J connectivity index is 0.00000171. The van der Waals surface area contributed by atoms with Gasteiger partial charge in [0.1, 0.15) is 11.5 Å². The second kappa shape index (κ2) is 12.2. The first-order valence-corrected chi connectivity index (χ1v) is 14.4. The van der Waals surface area contributed by atoms with Crippen molar-refractivity contribution in [3.8, 4) is 23.0 Å². The molecule has 0 N–H and O–H groups in total. The summed E-state index contributed by atoms with van der Waals surface area (Å²) in [6.45, 7) is 0. The van der Waals surface area contributed by atoms with Gasteiger partial charge in [0.05, 0.1) is 25.7 Å². The van der Waals surface area contributed by atoms with Gasteiger partial charge in [0.25, 0.3) is 0 Å². The van der Waals surface area contributed by atoms with Gasteiger partial charge in [0.2, 0.25) is 0 Å². The predicted octanol–water partition coefficient (Wildman–Crippen LogP) is 1.44. The summed E-state index contributed by atoms with van der Waals surface area (Å²) in [5, 5.41) is 25.2. The largest absolute Gasteiger partial charge is 1.00 e. The molecule has 5 nitrogen and oxygen atoms in total. The maximum absolute atomic E-state index is 13.2. The van der Waals surface area contributed by atoms with E-state index in [9.17, 15) is 15.0 Å². The number of ether oxygens (including phenoxy) is 2. The normalized spacial score (nSPS) is 14.2. The van der Waals surface area contributed by atoms with Gasteiger partial charge in [-0.25, -0.2) is 4.79 Å². The van der Waals surface area contributed by atoms with Crippen molar-refractivity contribution in [3.63, 3.8) is 0 Å². The van der Waals surface area contributed by atoms with E-state index in [4.69, 9.17) is 55.9 Å². The third-order valence-electron chi connectivity index (χ3n) is 5.29. The van der Waals surface area contributed by atoms with Crippen molar-refractivity contribution < 1.29 is 127 Å². The van der Waals surface area contributed by atoms with E-state index in [1.165, 1.54) is 0 Å². The zero-order chi connectivity index (χ0) is 24.1. The molecule has 0 atom stereocenters. The minimum Gasteiger partial charge on any atom is -0.871 e. The van der Waals surface area contributed by atoms with Crippen LogP contribution in [0.25, 0.3) is 0 Å². The van der Waals surface area contributed by atoms with E-state index in [0.717, 1.165) is 0 Å². The van der Waals surface area contributed by atoms with E-state index in [1.54, 1.807) is 12.1 Å². The summed E-state index contributed by atoms with van der Waals surface area (Å²) >= 11 is 33.3. The fourth-order valence-electron chi connectivity index (χ4n) is 3.91. The molecular weight excluding hydrogens is 1050 g/mol. The Bertz CT molecular complexity index is 1410. The van der Waals surface area contributed by atoms with Crippen molar-refractivity contribution in [1.29, 1.82) is 0 Å². The second-order valence-electron chi connectivity index (χ2n) is 6.94. The van der Waals surface area contributed by atoms with Crippen LogP contribution < -0.4 is 118 Å². The minimum atomic E-state index is -1.68. The number of carbonyl (C=O) groups excluding carboxylic acids is 1. The van der Waals surface area contributed by atoms with Crippen LogP contribution in [0.2, 0.25) is 20.1 Å². The molecule has 2 heterocycles. The molecule has 0 bridgehead atoms. The quantitative estimate of drug-likeness (QED) is 0.112. The topological polar surface area (TPSA) is 81.7 Å². The number of carbonyl (C=O) groups is 1. The summed E-state index contributed by atoms with van der Waals surface area (Å²) in [4.78, 5) is 13.2. The summed E-state index contributed by atoms with van der Waals surface area (Å²) in [5.41, 5.74) is -0.822. The molecule has 1 spiro atoms. The standard InChI is InChI=1S/C20H4Cl4I4O5.2K/c21-9-7-8(10(22)12(24)11(9)23)20(33-19(7)31)3-1-5(25)15(29)13(27)17(3)32-18-4(20)2-6(26)16(30)14(18)28;;/h1-2,29-30H;;/q;2*+1/p-2. The maximum Gasteiger partial charge on any atom is 1.00 e. The molecule has 0 aromatic heterocycles. The summed E-state index contributed by atoms with van der Waals surface area (Å²) in [6.07, 6.45) is 0. The van der Waals surface area contributed by atoms with E-state index in [-0.39, 0.29) is 164 Å². The van der Waals surface area contributed by atoms with Crippen molar-refractivity contribution in [1.82, 2.24) is 0 Å². The van der Waals surface area contributed by atoms with Crippen molar-refractivity contribution in [2.75, 3.05) is 0 Å². The van der Waals surface area contributed by atoms with Crippen molar-refractivity contribution >= 4 is 143 Å². The predicted molar refractivity (Wildman–Crippen MR) is 154 cm³/mol. The molecule has 0 aliphatic carbocycles. The first-order chi connectivity index (χ1) is 15.4. The van der Waals surface area contributed by atoms with Crippen LogP contribution in [0.1, 0.15) is 27.0 Å². The van der Waals surface area contributed by atoms with Gasteiger partial charge in [0.15, 0.2) is 5.60 Å². The zero-order valence-corrected chi connectivity index (χ0v) is 35.1. The number of rotatable bonds is 0. The first kappa shape index (κ1) is 33.4. The smallest absolute Gasteiger partial charge is 0.871 e. The average Bonchev–Trinajstić information content (AvgIpc) is 3.08. The fraction of sp³-hybridized carbons (Fsp3) is 0.0500. The van der Waals surface area contributed by atoms with E-state index < -0.39 is 11.6 Å². The van der Waals surface area contributed by atoms with Crippen LogP contribution in [0.4, 0.5) is 0 Å². The van der Waals surface area contributed by atoms with Gasteiger partial charge in [-0.2, -0.15) is 0 Å². The second-order valence-corrected chi connectivity index (χ2v) is 12.9. The van der Waals surface area contributed by atoms with E-state index >= 15 is 0 Å². The minimum absolute atomic E-state index is 0. The molecule has 35 heavy (non-hydrogen) atoms. The summed E-state index contributed by atoms with van der Waals surface area (Å²) in [5.74, 6) is -0.989. The van der Waals surface area contributed by atoms with E-state index in [0.29, 0.717) is 18.3 Å². The third kappa shape index (κ3) is 4.99. The van der Waals surface area contributed by atoms with Crippen molar-refractivity contribution in [2.45, 2.75) is 5.60 Å². The molecule has 170 valence electrons. The Morgan fingerprint density at radius 3 is 1.63 bits per heavy atom. The number of halogens is 8. The van der Waals surface area contributed by atoms with Gasteiger partial charge in [-0.3, -0.25) is 0 Å². The van der Waals surface area contributed by atoms with Crippen molar-refractivity contribution in [2.24, 2.45) is 0 Å². The summed E-state index contributed by atoms with van der Waals surface area (Å²) in [7, 11) is 0. The molecule has 0 saturated heterocycles. The van der Waals surface area contributed by atoms with Crippen LogP contribution in [-0.2, 0) is 10.3 Å². The zero-order valence-electron chi connectivity index (χ0n) is 17.2. The maximum atomic E-state index is 13.2. The van der Waals surface area contributed by atoms with Crippen LogP contribution in [0.3, 0.4) is 0 Å². The monoisotopic (exact) mass is 1050 g/mol. The fourth-order valence-corrected chi connectivity index (χ4v) is 8.55. The Morgan fingerprint density at radius 1 is 0.743 bits per heavy atom. The molecule has 0 fully saturated rings. The molecule has 0 unspecified atom stereocenters.